The highest BCUT2D eigenvalue weighted by molar-refractivity contribution is 9.10. The second kappa shape index (κ2) is 4.18. The molecule has 7 heteroatoms. The Morgan fingerprint density at radius 1 is 1.38 bits per heavy atom. The van der Waals surface area contributed by atoms with Gasteiger partial charge in [0.15, 0.2) is 0 Å². The first-order valence-corrected chi connectivity index (χ1v) is 6.06. The summed E-state index contributed by atoms with van der Waals surface area (Å²) in [6.45, 7) is 0. The SMILES string of the molecule is O=C(c1c[nH]c2c(Br)cncc12)C(Cl)(Cl)Cl. The minimum atomic E-state index is -1.96. The van der Waals surface area contributed by atoms with Gasteiger partial charge in [0.1, 0.15) is 0 Å². The quantitative estimate of drug-likeness (QED) is 0.631. The van der Waals surface area contributed by atoms with Gasteiger partial charge in [0, 0.05) is 29.5 Å². The first kappa shape index (κ1) is 12.2. The molecule has 2 rings (SSSR count). The maximum absolute atomic E-state index is 11.8. The highest BCUT2D eigenvalue weighted by Crippen LogP contribution is 2.34. The number of H-pyrrole nitrogens is 1. The Balaban J connectivity index is 2.64. The van der Waals surface area contributed by atoms with E-state index in [0.717, 1.165) is 9.99 Å². The zero-order valence-corrected chi connectivity index (χ0v) is 11.5. The summed E-state index contributed by atoms with van der Waals surface area (Å²) < 4.78 is -1.22. The molecule has 0 spiro atoms. The Hall–Kier alpha value is -0.290. The predicted octanol–water partition coefficient (Wildman–Crippen LogP) is 3.88. The van der Waals surface area contributed by atoms with Gasteiger partial charge in [-0.15, -0.1) is 0 Å². The number of rotatable bonds is 1. The van der Waals surface area contributed by atoms with Crippen LogP contribution in [-0.2, 0) is 0 Å². The van der Waals surface area contributed by atoms with Crippen molar-refractivity contribution in [3.8, 4) is 0 Å². The number of hydrogen-bond donors (Lipinski definition) is 1. The molecule has 0 aliphatic heterocycles. The second-order valence-electron chi connectivity index (χ2n) is 3.07. The van der Waals surface area contributed by atoms with Crippen LogP contribution in [0.15, 0.2) is 23.1 Å². The van der Waals surface area contributed by atoms with E-state index in [-0.39, 0.29) is 0 Å². The number of carbonyl (C=O) groups is 1. The number of nitrogens with one attached hydrogen (secondary N) is 1. The fourth-order valence-electron chi connectivity index (χ4n) is 1.35. The van der Waals surface area contributed by atoms with Crippen LogP contribution in [0.5, 0.6) is 0 Å². The number of ketones is 1. The maximum Gasteiger partial charge on any atom is 0.253 e. The number of pyridine rings is 1. The number of Topliss-reactive ketones (excluding diaryl/α,β-unsaturated/α-hetero) is 1. The van der Waals surface area contributed by atoms with Crippen molar-refractivity contribution in [2.75, 3.05) is 0 Å². The molecule has 0 aliphatic carbocycles. The molecule has 0 amide bonds. The number of alkyl halides is 3. The summed E-state index contributed by atoms with van der Waals surface area (Å²) in [5, 5.41) is 0.616. The van der Waals surface area contributed by atoms with Crippen LogP contribution in [0.1, 0.15) is 10.4 Å². The summed E-state index contributed by atoms with van der Waals surface area (Å²) in [4.78, 5) is 18.7. The standard InChI is InChI=1S/C9H4BrCl3N2O/c10-6-3-14-1-4-5(2-15-7(4)6)8(16)9(11,12)13/h1-3,15H. The Bertz CT molecular complexity index is 561. The lowest BCUT2D eigenvalue weighted by atomic mass is 10.1. The van der Waals surface area contributed by atoms with Crippen LogP contribution in [0.4, 0.5) is 0 Å². The fourth-order valence-corrected chi connectivity index (χ4v) is 2.10. The van der Waals surface area contributed by atoms with Crippen LogP contribution in [0, 0.1) is 0 Å². The second-order valence-corrected chi connectivity index (χ2v) is 6.21. The van der Waals surface area contributed by atoms with E-state index < -0.39 is 9.58 Å². The molecule has 2 aromatic heterocycles. The first-order chi connectivity index (χ1) is 7.41. The minimum absolute atomic E-state index is 0.309. The molecular weight excluding hydrogens is 338 g/mol. The average molecular weight is 342 g/mol. The van der Waals surface area contributed by atoms with Crippen LogP contribution < -0.4 is 0 Å². The zero-order valence-electron chi connectivity index (χ0n) is 7.60. The summed E-state index contributed by atoms with van der Waals surface area (Å²) in [5.74, 6) is -0.580. The maximum atomic E-state index is 11.8. The van der Waals surface area contributed by atoms with Gasteiger partial charge >= 0.3 is 0 Å². The summed E-state index contributed by atoms with van der Waals surface area (Å²) in [5.41, 5.74) is 1.05. The van der Waals surface area contributed by atoms with Crippen molar-refractivity contribution < 1.29 is 4.79 Å². The molecule has 0 unspecified atom stereocenters. The lowest BCUT2D eigenvalue weighted by molar-refractivity contribution is 0.0998. The van der Waals surface area contributed by atoms with Crippen molar-refractivity contribution >= 4 is 67.4 Å². The number of aromatic nitrogens is 2. The van der Waals surface area contributed by atoms with Gasteiger partial charge < -0.3 is 4.98 Å². The van der Waals surface area contributed by atoms with Gasteiger partial charge in [0.05, 0.1) is 9.99 Å². The number of hydrogen-bond acceptors (Lipinski definition) is 2. The van der Waals surface area contributed by atoms with Crippen molar-refractivity contribution in [3.05, 3.63) is 28.6 Å². The van der Waals surface area contributed by atoms with Crippen molar-refractivity contribution in [1.29, 1.82) is 0 Å². The highest BCUT2D eigenvalue weighted by atomic mass is 79.9. The zero-order chi connectivity index (χ0) is 11.9. The Morgan fingerprint density at radius 2 is 2.06 bits per heavy atom. The summed E-state index contributed by atoms with van der Waals surface area (Å²) in [6.07, 6.45) is 4.66. The molecule has 0 aromatic carbocycles. The van der Waals surface area contributed by atoms with Gasteiger partial charge in [-0.25, -0.2) is 0 Å². The van der Waals surface area contributed by atoms with Crippen molar-refractivity contribution in [2.24, 2.45) is 0 Å². The van der Waals surface area contributed by atoms with Crippen LogP contribution in [-0.4, -0.2) is 19.5 Å². The molecule has 2 aromatic rings. The molecule has 1 N–H and O–H groups in total. The third kappa shape index (κ3) is 2.07. The van der Waals surface area contributed by atoms with E-state index >= 15 is 0 Å². The van der Waals surface area contributed by atoms with Gasteiger partial charge in [-0.3, -0.25) is 9.78 Å². The lowest BCUT2D eigenvalue weighted by Gasteiger charge is -2.07. The average Bonchev–Trinajstić information content (AvgIpc) is 2.60. The fraction of sp³-hybridized carbons (Fsp3) is 0.111. The lowest BCUT2D eigenvalue weighted by Crippen LogP contribution is -2.18. The number of nitrogens with zero attached hydrogens (tertiary/aromatic N) is 1. The van der Waals surface area contributed by atoms with E-state index in [2.05, 4.69) is 25.9 Å². The summed E-state index contributed by atoms with van der Waals surface area (Å²) in [6, 6.07) is 0. The summed E-state index contributed by atoms with van der Waals surface area (Å²) in [7, 11) is 0. The molecule has 2 heterocycles. The molecule has 0 saturated carbocycles. The molecule has 0 bridgehead atoms. The molecule has 84 valence electrons. The third-order valence-electron chi connectivity index (χ3n) is 2.05. The monoisotopic (exact) mass is 340 g/mol. The molecule has 16 heavy (non-hydrogen) atoms. The first-order valence-electron chi connectivity index (χ1n) is 4.13. The topological polar surface area (TPSA) is 45.8 Å². The Kier molecular flexibility index (Phi) is 3.18. The van der Waals surface area contributed by atoms with Crippen molar-refractivity contribution in [1.82, 2.24) is 9.97 Å². The third-order valence-corrected chi connectivity index (χ3v) is 3.17. The van der Waals surface area contributed by atoms with Crippen LogP contribution in [0.25, 0.3) is 10.9 Å². The van der Waals surface area contributed by atoms with Gasteiger partial charge in [0.2, 0.25) is 5.78 Å². The van der Waals surface area contributed by atoms with Crippen LogP contribution in [0.3, 0.4) is 0 Å². The van der Waals surface area contributed by atoms with Gasteiger partial charge in [0.25, 0.3) is 3.79 Å². The van der Waals surface area contributed by atoms with E-state index in [1.807, 2.05) is 0 Å². The van der Waals surface area contributed by atoms with Crippen molar-refractivity contribution in [2.45, 2.75) is 3.79 Å². The van der Waals surface area contributed by atoms with Gasteiger partial charge in [-0.2, -0.15) is 0 Å². The van der Waals surface area contributed by atoms with E-state index in [9.17, 15) is 4.79 Å². The Morgan fingerprint density at radius 3 is 2.69 bits per heavy atom. The van der Waals surface area contributed by atoms with E-state index in [4.69, 9.17) is 34.8 Å². The number of aromatic amines is 1. The minimum Gasteiger partial charge on any atom is -0.359 e. The van der Waals surface area contributed by atoms with E-state index in [1.165, 1.54) is 6.20 Å². The van der Waals surface area contributed by atoms with Gasteiger partial charge in [-0.1, -0.05) is 34.8 Å². The molecule has 3 nitrogen and oxygen atoms in total. The largest absolute Gasteiger partial charge is 0.359 e. The molecule has 0 atom stereocenters. The van der Waals surface area contributed by atoms with Gasteiger partial charge in [-0.05, 0) is 15.9 Å². The number of halogens is 4. The van der Waals surface area contributed by atoms with Crippen LogP contribution in [0.2, 0.25) is 0 Å². The van der Waals surface area contributed by atoms with Crippen molar-refractivity contribution in [3.63, 3.8) is 0 Å². The molecule has 0 saturated heterocycles. The molecule has 0 aliphatic rings. The van der Waals surface area contributed by atoms with Crippen LogP contribution >= 0.6 is 50.7 Å². The predicted molar refractivity (Wildman–Crippen MR) is 68.4 cm³/mol. The smallest absolute Gasteiger partial charge is 0.253 e. The molecular formula is C9H4BrCl3N2O. The molecule has 0 fully saturated rings. The summed E-state index contributed by atoms with van der Waals surface area (Å²) >= 11 is 20.0. The number of carbonyl (C=O) groups excluding carboxylic acids is 1. The molecule has 0 radical (unpaired) electrons. The van der Waals surface area contributed by atoms with E-state index in [1.54, 1.807) is 12.4 Å². The number of fused-ring (bicyclic) bond motifs is 1. The Labute approximate surface area is 114 Å². The van der Waals surface area contributed by atoms with E-state index in [0.29, 0.717) is 10.9 Å². The normalized spacial score (nSPS) is 12.0. The highest BCUT2D eigenvalue weighted by Gasteiger charge is 2.33.